The molecular weight excluding hydrogens is 601 g/mol. The normalized spacial score (nSPS) is 10.5. The first-order chi connectivity index (χ1) is 17.6. The highest BCUT2D eigenvalue weighted by atomic mass is 127. The van der Waals surface area contributed by atoms with E-state index >= 15 is 0 Å². The number of carbonyl (C=O) groups excluding carboxylic acids is 1. The number of benzene rings is 2. The molecule has 3 heterocycles. The van der Waals surface area contributed by atoms with Gasteiger partial charge >= 0.3 is 5.97 Å². The van der Waals surface area contributed by atoms with E-state index in [-0.39, 0.29) is 29.7 Å². The number of rotatable bonds is 7. The Morgan fingerprint density at radius 3 is 2.30 bits per heavy atom. The molecule has 3 aromatic heterocycles. The number of nitrogens with one attached hydrogen (secondary N) is 1. The quantitative estimate of drug-likeness (QED) is 0.130. The SMILES string of the molecule is COc1cc(-c2nc(-c3ccccc3)c(-c3cccs3)[nH]2)cc(OC)c1OC(=O)c1ccc[n+](C)c1.[I-]. The van der Waals surface area contributed by atoms with Crippen molar-refractivity contribution in [2.24, 2.45) is 7.05 Å². The predicted molar refractivity (Wildman–Crippen MR) is 138 cm³/mol. The molecule has 0 amide bonds. The number of nitrogens with zero attached hydrogens (tertiary/aromatic N) is 2. The van der Waals surface area contributed by atoms with Gasteiger partial charge in [0.25, 0.3) is 0 Å². The van der Waals surface area contributed by atoms with E-state index in [9.17, 15) is 4.79 Å². The average molecular weight is 625 g/mol. The van der Waals surface area contributed by atoms with Crippen LogP contribution in [0.4, 0.5) is 0 Å². The largest absolute Gasteiger partial charge is 1.00 e. The van der Waals surface area contributed by atoms with E-state index in [0.717, 1.165) is 27.4 Å². The van der Waals surface area contributed by atoms with E-state index in [1.54, 1.807) is 46.4 Å². The lowest BCUT2D eigenvalue weighted by Gasteiger charge is -2.14. The number of esters is 1. The summed E-state index contributed by atoms with van der Waals surface area (Å²) in [5.41, 5.74) is 3.92. The molecule has 7 nitrogen and oxygen atoms in total. The molecule has 0 atom stereocenters. The summed E-state index contributed by atoms with van der Waals surface area (Å²) >= 11 is 1.64. The van der Waals surface area contributed by atoms with E-state index in [1.807, 2.05) is 55.0 Å². The Balaban J connectivity index is 0.00000320. The molecule has 0 saturated heterocycles. The smallest absolute Gasteiger partial charge is 0.349 e. The molecule has 0 saturated carbocycles. The van der Waals surface area contributed by atoms with Crippen molar-refractivity contribution in [1.29, 1.82) is 0 Å². The molecule has 9 heteroatoms. The van der Waals surface area contributed by atoms with Crippen LogP contribution in [0.1, 0.15) is 10.4 Å². The zero-order chi connectivity index (χ0) is 25.1. The Kier molecular flexibility index (Phi) is 8.24. The monoisotopic (exact) mass is 625 g/mol. The molecule has 188 valence electrons. The van der Waals surface area contributed by atoms with Gasteiger partial charge in [-0.2, -0.15) is 0 Å². The van der Waals surface area contributed by atoms with Crippen molar-refractivity contribution in [2.45, 2.75) is 0 Å². The number of halogens is 1. The van der Waals surface area contributed by atoms with Crippen LogP contribution in [-0.2, 0) is 7.05 Å². The third-order valence-corrected chi connectivity index (χ3v) is 6.51. The third kappa shape index (κ3) is 5.52. The number of aryl methyl sites for hydroxylation is 1. The number of aromatic amines is 1. The number of methoxy groups -OCH3 is 2. The third-order valence-electron chi connectivity index (χ3n) is 5.62. The van der Waals surface area contributed by atoms with Crippen molar-refractivity contribution in [2.75, 3.05) is 14.2 Å². The van der Waals surface area contributed by atoms with Crippen molar-refractivity contribution < 1.29 is 47.5 Å². The predicted octanol–water partition coefficient (Wildman–Crippen LogP) is 2.54. The van der Waals surface area contributed by atoms with E-state index in [1.165, 1.54) is 14.2 Å². The minimum absolute atomic E-state index is 0. The van der Waals surface area contributed by atoms with Gasteiger partial charge in [-0.25, -0.2) is 14.3 Å². The molecule has 5 aromatic rings. The van der Waals surface area contributed by atoms with Crippen LogP contribution in [0.2, 0.25) is 0 Å². The van der Waals surface area contributed by atoms with Crippen LogP contribution in [0.15, 0.2) is 84.5 Å². The number of aromatic nitrogens is 3. The Hall–Kier alpha value is -3.70. The van der Waals surface area contributed by atoms with E-state index in [4.69, 9.17) is 19.2 Å². The maximum absolute atomic E-state index is 12.8. The fourth-order valence-electron chi connectivity index (χ4n) is 3.89. The molecule has 5 rings (SSSR count). The Morgan fingerprint density at radius 1 is 0.946 bits per heavy atom. The van der Waals surface area contributed by atoms with Gasteiger partial charge in [-0.3, -0.25) is 0 Å². The maximum atomic E-state index is 12.8. The van der Waals surface area contributed by atoms with Crippen molar-refractivity contribution in [3.63, 3.8) is 0 Å². The van der Waals surface area contributed by atoms with Crippen LogP contribution in [-0.4, -0.2) is 30.2 Å². The summed E-state index contributed by atoms with van der Waals surface area (Å²) < 4.78 is 18.7. The fourth-order valence-corrected chi connectivity index (χ4v) is 4.62. The Bertz CT molecular complexity index is 1490. The van der Waals surface area contributed by atoms with Gasteiger partial charge in [0.1, 0.15) is 18.4 Å². The molecule has 0 aliphatic rings. The van der Waals surface area contributed by atoms with Crippen LogP contribution >= 0.6 is 11.3 Å². The number of hydrogen-bond acceptors (Lipinski definition) is 6. The topological polar surface area (TPSA) is 77.3 Å². The second-order valence-electron chi connectivity index (χ2n) is 8.01. The minimum Gasteiger partial charge on any atom is -1.00 e. The number of ether oxygens (including phenoxy) is 3. The van der Waals surface area contributed by atoms with E-state index in [2.05, 4.69) is 11.1 Å². The number of H-pyrrole nitrogens is 1. The summed E-state index contributed by atoms with van der Waals surface area (Å²) in [6.45, 7) is 0. The Labute approximate surface area is 235 Å². The molecule has 0 fully saturated rings. The molecule has 2 aromatic carbocycles. The van der Waals surface area contributed by atoms with Crippen LogP contribution in [0.3, 0.4) is 0 Å². The number of thiophene rings is 1. The van der Waals surface area contributed by atoms with Gasteiger partial charge in [0.05, 0.1) is 30.5 Å². The highest BCUT2D eigenvalue weighted by Crippen LogP contribution is 2.43. The summed E-state index contributed by atoms with van der Waals surface area (Å²) in [5.74, 6) is 1.04. The first-order valence-electron chi connectivity index (χ1n) is 11.2. The summed E-state index contributed by atoms with van der Waals surface area (Å²) in [6, 6.07) is 21.1. The first kappa shape index (κ1) is 26.4. The van der Waals surface area contributed by atoms with Gasteiger partial charge in [0.2, 0.25) is 5.75 Å². The lowest BCUT2D eigenvalue weighted by molar-refractivity contribution is -0.671. The molecule has 37 heavy (non-hydrogen) atoms. The van der Waals surface area contributed by atoms with Gasteiger partial charge in [-0.1, -0.05) is 36.4 Å². The van der Waals surface area contributed by atoms with Crippen molar-refractivity contribution in [1.82, 2.24) is 9.97 Å². The summed E-state index contributed by atoms with van der Waals surface area (Å²) in [5, 5.41) is 2.03. The lowest BCUT2D eigenvalue weighted by atomic mass is 10.1. The highest BCUT2D eigenvalue weighted by Gasteiger charge is 2.23. The number of imidazole rings is 1. The second kappa shape index (κ2) is 11.6. The van der Waals surface area contributed by atoms with Crippen molar-refractivity contribution >= 4 is 17.3 Å². The van der Waals surface area contributed by atoms with Gasteiger partial charge < -0.3 is 43.2 Å². The maximum Gasteiger partial charge on any atom is 0.349 e. The summed E-state index contributed by atoms with van der Waals surface area (Å²) in [7, 11) is 4.88. The molecule has 1 N–H and O–H groups in total. The fraction of sp³-hybridized carbons (Fsp3) is 0.107. The average Bonchev–Trinajstić information content (AvgIpc) is 3.59. The number of hydrogen-bond donors (Lipinski definition) is 1. The summed E-state index contributed by atoms with van der Waals surface area (Å²) in [6.07, 6.45) is 3.53. The van der Waals surface area contributed by atoms with Crippen molar-refractivity contribution in [3.8, 4) is 50.5 Å². The van der Waals surface area contributed by atoms with E-state index < -0.39 is 5.97 Å². The molecule has 0 radical (unpaired) electrons. The standard InChI is InChI=1S/C28H24N3O4S.HI/c1-31-13-7-11-19(17-31)28(32)35-26-21(33-2)15-20(16-22(26)34-3)27-29-24(18-9-5-4-6-10-18)25(30-27)23-12-8-14-36-23;/h4-17H,1-3H3,(H,29,30);1H/q+1;/p-1. The van der Waals surface area contributed by atoms with Crippen LogP contribution in [0, 0.1) is 0 Å². The minimum atomic E-state index is -0.514. The molecule has 0 spiro atoms. The van der Waals surface area contributed by atoms with Gasteiger partial charge in [-0.05, 0) is 29.6 Å². The van der Waals surface area contributed by atoms with Crippen LogP contribution < -0.4 is 42.8 Å². The number of carbonyl (C=O) groups is 1. The van der Waals surface area contributed by atoms with Crippen LogP contribution in [0.25, 0.3) is 33.2 Å². The number of pyridine rings is 1. The van der Waals surface area contributed by atoms with Crippen molar-refractivity contribution in [3.05, 3.63) is 90.1 Å². The van der Waals surface area contributed by atoms with Gasteiger partial charge in [-0.15, -0.1) is 11.3 Å². The Morgan fingerprint density at radius 2 is 1.68 bits per heavy atom. The van der Waals surface area contributed by atoms with E-state index in [0.29, 0.717) is 22.9 Å². The zero-order valence-electron chi connectivity index (χ0n) is 20.4. The highest BCUT2D eigenvalue weighted by molar-refractivity contribution is 7.13. The molecule has 0 aliphatic heterocycles. The molecule has 0 unspecified atom stereocenters. The first-order valence-corrected chi connectivity index (χ1v) is 12.1. The molecule has 0 bridgehead atoms. The summed E-state index contributed by atoms with van der Waals surface area (Å²) in [4.78, 5) is 22.3. The van der Waals surface area contributed by atoms with Gasteiger partial charge in [0.15, 0.2) is 23.9 Å². The zero-order valence-corrected chi connectivity index (χ0v) is 23.4. The second-order valence-corrected chi connectivity index (χ2v) is 8.96. The molecule has 0 aliphatic carbocycles. The lowest BCUT2D eigenvalue weighted by Crippen LogP contribution is -3.00. The molecular formula is C28H24IN3O4S. The van der Waals surface area contributed by atoms with Gasteiger partial charge in [0, 0.05) is 17.2 Å². The van der Waals surface area contributed by atoms with Crippen LogP contribution in [0.5, 0.6) is 17.2 Å².